The summed E-state index contributed by atoms with van der Waals surface area (Å²) in [7, 11) is 0. The van der Waals surface area contributed by atoms with Crippen molar-refractivity contribution in [1.29, 1.82) is 5.26 Å². The van der Waals surface area contributed by atoms with Crippen LogP contribution in [0.4, 0.5) is 0 Å². The largest absolute Gasteiger partial charge is 0.340 e. The minimum atomic E-state index is 0.304. The van der Waals surface area contributed by atoms with Crippen molar-refractivity contribution >= 4 is 29.3 Å². The summed E-state index contributed by atoms with van der Waals surface area (Å²) < 4.78 is 2.50. The monoisotopic (exact) mass is 324 g/mol. The Bertz CT molecular complexity index is 821. The van der Waals surface area contributed by atoms with Gasteiger partial charge in [-0.05, 0) is 43.6 Å². The van der Waals surface area contributed by atoms with E-state index in [4.69, 9.17) is 16.9 Å². The Labute approximate surface area is 140 Å². The van der Waals surface area contributed by atoms with Gasteiger partial charge in [-0.1, -0.05) is 24.2 Å². The van der Waals surface area contributed by atoms with Crippen LogP contribution in [0.2, 0.25) is 17.8 Å². The van der Waals surface area contributed by atoms with Gasteiger partial charge < -0.3 is 4.57 Å². The van der Waals surface area contributed by atoms with Gasteiger partial charge in [0.2, 0.25) is 0 Å². The molecule has 0 bridgehead atoms. The van der Waals surface area contributed by atoms with Crippen LogP contribution in [-0.4, -0.2) is 21.5 Å². The van der Waals surface area contributed by atoms with E-state index in [1.807, 2.05) is 6.07 Å². The van der Waals surface area contributed by atoms with Gasteiger partial charge in [0.25, 0.3) is 6.71 Å². The lowest BCUT2D eigenvalue weighted by molar-refractivity contribution is 0.119. The van der Waals surface area contributed by atoms with Gasteiger partial charge >= 0.3 is 0 Å². The number of fused-ring (bicyclic) bond motifs is 1. The fourth-order valence-corrected chi connectivity index (χ4v) is 5.13. The number of rotatable bonds is 2. The molecule has 0 amide bonds. The van der Waals surface area contributed by atoms with Crippen LogP contribution in [0.15, 0.2) is 12.1 Å². The lowest BCUT2D eigenvalue weighted by Gasteiger charge is -2.56. The van der Waals surface area contributed by atoms with Crippen molar-refractivity contribution in [3.63, 3.8) is 0 Å². The molecule has 23 heavy (non-hydrogen) atoms. The van der Waals surface area contributed by atoms with E-state index in [1.54, 1.807) is 0 Å². The Morgan fingerprint density at radius 3 is 2.70 bits per heavy atom. The molecule has 2 saturated carbocycles. The number of hydrogen-bond donors (Lipinski definition) is 0. The first kappa shape index (κ1) is 13.9. The van der Waals surface area contributed by atoms with Crippen molar-refractivity contribution in [2.24, 2.45) is 5.41 Å². The van der Waals surface area contributed by atoms with Gasteiger partial charge in [0.05, 0.1) is 5.52 Å². The smallest absolute Gasteiger partial charge is 0.268 e. The molecule has 0 N–H and O–H groups in total. The van der Waals surface area contributed by atoms with Crippen LogP contribution in [0.3, 0.4) is 0 Å². The van der Waals surface area contributed by atoms with E-state index < -0.39 is 0 Å². The summed E-state index contributed by atoms with van der Waals surface area (Å²) in [6, 6.07) is 4.80. The Hall–Kier alpha value is -1.54. The standard InChI is InChI=1S/C17H18BClN4/c19-16-5-15-13(21-22-16)4-14(23(15)12-2-1-3-12)11-6-17(7-11)8-18(9-17)10-20/h4-5,11-12H,1-3,6-9H2. The third-order valence-electron chi connectivity index (χ3n) is 6.35. The zero-order chi connectivity index (χ0) is 15.6. The Balaban J connectivity index is 1.49. The van der Waals surface area contributed by atoms with Gasteiger partial charge in [-0.3, -0.25) is 0 Å². The first-order chi connectivity index (χ1) is 11.2. The highest BCUT2D eigenvalue weighted by molar-refractivity contribution is 6.70. The van der Waals surface area contributed by atoms with Gasteiger partial charge in [0.15, 0.2) is 5.15 Å². The maximum atomic E-state index is 9.02. The molecule has 0 unspecified atom stereocenters. The highest BCUT2D eigenvalue weighted by atomic mass is 35.5. The van der Waals surface area contributed by atoms with Crippen molar-refractivity contribution in [3.8, 4) is 5.97 Å². The van der Waals surface area contributed by atoms with E-state index in [0.29, 0.717) is 29.2 Å². The zero-order valence-electron chi connectivity index (χ0n) is 13.0. The lowest BCUT2D eigenvalue weighted by Crippen LogP contribution is -2.50. The van der Waals surface area contributed by atoms with Gasteiger partial charge in [0.1, 0.15) is 5.52 Å². The predicted octanol–water partition coefficient (Wildman–Crippen LogP) is 4.24. The minimum Gasteiger partial charge on any atom is -0.340 e. The summed E-state index contributed by atoms with van der Waals surface area (Å²) in [5, 5.41) is 17.8. The summed E-state index contributed by atoms with van der Waals surface area (Å²) in [5.41, 5.74) is 4.01. The van der Waals surface area contributed by atoms with E-state index in [1.165, 1.54) is 37.8 Å². The maximum Gasteiger partial charge on any atom is 0.268 e. The van der Waals surface area contributed by atoms with E-state index >= 15 is 0 Å². The average Bonchev–Trinajstić information content (AvgIpc) is 2.73. The summed E-state index contributed by atoms with van der Waals surface area (Å²) in [6.07, 6.45) is 8.50. The molecule has 2 aromatic rings. The van der Waals surface area contributed by atoms with Crippen molar-refractivity contribution in [3.05, 3.63) is 23.0 Å². The van der Waals surface area contributed by atoms with Crippen LogP contribution in [-0.2, 0) is 0 Å². The highest BCUT2D eigenvalue weighted by Gasteiger charge is 2.55. The van der Waals surface area contributed by atoms with E-state index in [9.17, 15) is 0 Å². The Morgan fingerprint density at radius 2 is 2.04 bits per heavy atom. The van der Waals surface area contributed by atoms with Crippen LogP contribution in [0, 0.1) is 16.6 Å². The van der Waals surface area contributed by atoms with E-state index in [2.05, 4.69) is 26.8 Å². The number of aromatic nitrogens is 3. The van der Waals surface area contributed by atoms with Crippen molar-refractivity contribution in [1.82, 2.24) is 14.8 Å². The van der Waals surface area contributed by atoms with Gasteiger partial charge in [0, 0.05) is 29.7 Å². The van der Waals surface area contributed by atoms with Crippen LogP contribution >= 0.6 is 11.6 Å². The highest BCUT2D eigenvalue weighted by Crippen LogP contribution is 2.63. The molecule has 6 heteroatoms. The second kappa shape index (κ2) is 4.74. The molecule has 0 atom stereocenters. The molecule has 2 aromatic heterocycles. The number of halogens is 1. The topological polar surface area (TPSA) is 54.5 Å². The number of nitriles is 1. The average molecular weight is 325 g/mol. The minimum absolute atomic E-state index is 0.304. The van der Waals surface area contributed by atoms with Crippen LogP contribution < -0.4 is 0 Å². The lowest BCUT2D eigenvalue weighted by atomic mass is 9.23. The second-order valence-corrected chi connectivity index (χ2v) is 8.19. The Kier molecular flexibility index (Phi) is 2.85. The molecule has 4 nitrogen and oxygen atoms in total. The SMILES string of the molecule is N#CB1CC2(C1)CC(c1cc3nnc(Cl)cc3n1C1CCC1)C2. The first-order valence-electron chi connectivity index (χ1n) is 8.61. The molecule has 1 saturated heterocycles. The van der Waals surface area contributed by atoms with Crippen molar-refractivity contribution in [2.45, 2.75) is 56.7 Å². The molecule has 3 aliphatic rings. The predicted molar refractivity (Wildman–Crippen MR) is 90.8 cm³/mol. The summed E-state index contributed by atoms with van der Waals surface area (Å²) in [5.74, 6) is 3.03. The molecule has 0 radical (unpaired) electrons. The molecule has 2 aliphatic carbocycles. The van der Waals surface area contributed by atoms with Gasteiger partial charge in [-0.25, -0.2) is 5.26 Å². The summed E-state index contributed by atoms with van der Waals surface area (Å²) in [4.78, 5) is 0. The van der Waals surface area contributed by atoms with Crippen LogP contribution in [0.5, 0.6) is 0 Å². The fraction of sp³-hybridized carbons (Fsp3) is 0.588. The van der Waals surface area contributed by atoms with Gasteiger partial charge in [-0.15, -0.1) is 10.2 Å². The third-order valence-corrected chi connectivity index (χ3v) is 6.54. The second-order valence-electron chi connectivity index (χ2n) is 7.80. The Morgan fingerprint density at radius 1 is 1.26 bits per heavy atom. The zero-order valence-corrected chi connectivity index (χ0v) is 13.8. The fourth-order valence-electron chi connectivity index (χ4n) is 4.98. The molecule has 1 aliphatic heterocycles. The molecule has 3 heterocycles. The molecule has 0 aromatic carbocycles. The molecule has 116 valence electrons. The van der Waals surface area contributed by atoms with Crippen LogP contribution in [0.1, 0.15) is 49.8 Å². The number of hydrogen-bond acceptors (Lipinski definition) is 3. The third kappa shape index (κ3) is 1.97. The van der Waals surface area contributed by atoms with E-state index in [0.717, 1.165) is 23.7 Å². The normalized spacial score (nSPS) is 23.4. The molecule has 1 spiro atoms. The van der Waals surface area contributed by atoms with Crippen molar-refractivity contribution < 1.29 is 0 Å². The molecule has 3 fully saturated rings. The van der Waals surface area contributed by atoms with Crippen LogP contribution in [0.25, 0.3) is 11.0 Å². The molecular weight excluding hydrogens is 306 g/mol. The first-order valence-corrected chi connectivity index (χ1v) is 8.99. The van der Waals surface area contributed by atoms with E-state index in [-0.39, 0.29) is 0 Å². The summed E-state index contributed by atoms with van der Waals surface area (Å²) >= 11 is 6.08. The van der Waals surface area contributed by atoms with Gasteiger partial charge in [-0.2, -0.15) is 0 Å². The maximum absolute atomic E-state index is 9.02. The quantitative estimate of drug-likeness (QED) is 0.776. The molecular formula is C17H18BClN4. The number of nitrogens with zero attached hydrogens (tertiary/aromatic N) is 4. The molecule has 5 rings (SSSR count). The van der Waals surface area contributed by atoms with Crippen molar-refractivity contribution in [2.75, 3.05) is 0 Å². The summed E-state index contributed by atoms with van der Waals surface area (Å²) in [6.45, 7) is 0.304.